The molecule has 2 N–H and O–H groups in total. The van der Waals surface area contributed by atoms with Gasteiger partial charge in [0.05, 0.1) is 37.0 Å². The van der Waals surface area contributed by atoms with Crippen molar-refractivity contribution in [3.8, 4) is 5.82 Å². The second kappa shape index (κ2) is 8.82. The molecule has 150 valence electrons. The zero-order chi connectivity index (χ0) is 21.0. The quantitative estimate of drug-likeness (QED) is 0.544. The van der Waals surface area contributed by atoms with Gasteiger partial charge < -0.3 is 10.1 Å². The molecule has 1 aromatic carbocycles. The molecular weight excluding hydrogens is 442 g/mol. The number of nitrogens with zero attached hydrogens (tertiary/aromatic N) is 3. The molecule has 0 fully saturated rings. The molecule has 9 nitrogen and oxygen atoms in total. The average molecular weight is 460 g/mol. The molecule has 0 saturated carbocycles. The van der Waals surface area contributed by atoms with Crippen molar-refractivity contribution in [3.05, 3.63) is 74.2 Å². The highest BCUT2D eigenvalue weighted by Crippen LogP contribution is 2.21. The Morgan fingerprint density at radius 3 is 2.59 bits per heavy atom. The summed E-state index contributed by atoms with van der Waals surface area (Å²) in [5.41, 5.74) is 1.29. The van der Waals surface area contributed by atoms with E-state index in [1.807, 2.05) is 24.3 Å². The Balaban J connectivity index is 1.86. The molecule has 3 rings (SSSR count). The van der Waals surface area contributed by atoms with Crippen LogP contribution in [0.1, 0.15) is 34.1 Å². The smallest absolute Gasteiger partial charge is 0.307 e. The monoisotopic (exact) mass is 459 g/mol. The number of methoxy groups -OCH3 is 1. The zero-order valence-electron chi connectivity index (χ0n) is 15.7. The van der Waals surface area contributed by atoms with Crippen molar-refractivity contribution in [3.63, 3.8) is 0 Å². The van der Waals surface area contributed by atoms with Crippen LogP contribution in [0.4, 0.5) is 0 Å². The van der Waals surface area contributed by atoms with Gasteiger partial charge in [-0.25, -0.2) is 9.78 Å². The average Bonchev–Trinajstić information content (AvgIpc) is 3.10. The molecule has 0 aliphatic heterocycles. The van der Waals surface area contributed by atoms with E-state index in [4.69, 9.17) is 4.74 Å². The van der Waals surface area contributed by atoms with Gasteiger partial charge in [-0.15, -0.1) is 0 Å². The molecule has 0 saturated heterocycles. The maximum Gasteiger partial charge on any atom is 0.307 e. The Morgan fingerprint density at radius 2 is 1.97 bits per heavy atom. The molecule has 0 bridgehead atoms. The topological polar surface area (TPSA) is 119 Å². The number of nitrogens with one attached hydrogen (secondary N) is 2. The highest BCUT2D eigenvalue weighted by molar-refractivity contribution is 9.10. The number of H-pyrrole nitrogens is 1. The molecular formula is C19H18BrN5O4. The summed E-state index contributed by atoms with van der Waals surface area (Å²) in [6.07, 6.45) is 1.40. The first-order chi connectivity index (χ1) is 13.9. The van der Waals surface area contributed by atoms with Crippen LogP contribution in [-0.2, 0) is 9.53 Å². The molecule has 10 heteroatoms. The fourth-order valence-corrected chi connectivity index (χ4v) is 3.02. The van der Waals surface area contributed by atoms with Crippen LogP contribution >= 0.6 is 15.9 Å². The van der Waals surface area contributed by atoms with Crippen LogP contribution in [0.15, 0.2) is 51.9 Å². The number of carbonyl (C=O) groups excluding carboxylic acids is 2. The minimum absolute atomic E-state index is 0.0153. The zero-order valence-corrected chi connectivity index (χ0v) is 17.3. The van der Waals surface area contributed by atoms with Crippen molar-refractivity contribution < 1.29 is 14.3 Å². The largest absolute Gasteiger partial charge is 0.469 e. The van der Waals surface area contributed by atoms with Crippen molar-refractivity contribution in [1.82, 2.24) is 25.3 Å². The van der Waals surface area contributed by atoms with Gasteiger partial charge >= 0.3 is 5.97 Å². The maximum absolute atomic E-state index is 12.9. The number of ether oxygens (including phenoxy) is 1. The number of carbonyl (C=O) groups is 2. The molecule has 1 atom stereocenters. The van der Waals surface area contributed by atoms with Gasteiger partial charge in [0.15, 0.2) is 5.82 Å². The Kier molecular flexibility index (Phi) is 6.23. The summed E-state index contributed by atoms with van der Waals surface area (Å²) in [4.78, 5) is 35.9. The van der Waals surface area contributed by atoms with E-state index in [0.717, 1.165) is 10.0 Å². The lowest BCUT2D eigenvalue weighted by atomic mass is 10.0. The number of benzene rings is 1. The fraction of sp³-hybridized carbons (Fsp3) is 0.211. The van der Waals surface area contributed by atoms with Crippen LogP contribution in [-0.4, -0.2) is 39.0 Å². The third-order valence-electron chi connectivity index (χ3n) is 4.31. The fourth-order valence-electron chi connectivity index (χ4n) is 2.75. The summed E-state index contributed by atoms with van der Waals surface area (Å²) in [6, 6.07) is 9.55. The lowest BCUT2D eigenvalue weighted by molar-refractivity contribution is -0.141. The summed E-state index contributed by atoms with van der Waals surface area (Å²) < 4.78 is 7.08. The molecule has 1 amide bonds. The summed E-state index contributed by atoms with van der Waals surface area (Å²) in [6.45, 7) is 1.71. The molecule has 0 aliphatic carbocycles. The minimum atomic E-state index is -0.572. The third kappa shape index (κ3) is 4.77. The third-order valence-corrected chi connectivity index (χ3v) is 4.84. The Morgan fingerprint density at radius 1 is 1.24 bits per heavy atom. The summed E-state index contributed by atoms with van der Waals surface area (Å²) in [5, 5.41) is 13.3. The Hall–Kier alpha value is -3.27. The first kappa shape index (κ1) is 20.5. The highest BCUT2D eigenvalue weighted by Gasteiger charge is 2.22. The van der Waals surface area contributed by atoms with Gasteiger partial charge in [-0.1, -0.05) is 28.1 Å². The molecule has 0 aliphatic rings. The molecule has 0 radical (unpaired) electrons. The lowest BCUT2D eigenvalue weighted by Crippen LogP contribution is -2.30. The van der Waals surface area contributed by atoms with E-state index < -0.39 is 17.9 Å². The van der Waals surface area contributed by atoms with E-state index in [-0.39, 0.29) is 12.0 Å². The van der Waals surface area contributed by atoms with Crippen LogP contribution in [0.25, 0.3) is 5.82 Å². The van der Waals surface area contributed by atoms with Crippen LogP contribution in [0, 0.1) is 6.92 Å². The molecule has 29 heavy (non-hydrogen) atoms. The van der Waals surface area contributed by atoms with Crippen molar-refractivity contribution in [2.24, 2.45) is 0 Å². The Labute approximate surface area is 174 Å². The van der Waals surface area contributed by atoms with Gasteiger partial charge in [0.1, 0.15) is 0 Å². The van der Waals surface area contributed by atoms with Crippen LogP contribution < -0.4 is 10.9 Å². The van der Waals surface area contributed by atoms with Gasteiger partial charge in [0.2, 0.25) is 0 Å². The van der Waals surface area contributed by atoms with E-state index in [1.165, 1.54) is 30.1 Å². The van der Waals surface area contributed by atoms with Crippen LogP contribution in [0.3, 0.4) is 0 Å². The molecule has 0 spiro atoms. The first-order valence-corrected chi connectivity index (χ1v) is 9.42. The second-order valence-electron chi connectivity index (χ2n) is 6.19. The number of hydrogen-bond donors (Lipinski definition) is 2. The van der Waals surface area contributed by atoms with E-state index in [2.05, 4.69) is 36.5 Å². The lowest BCUT2D eigenvalue weighted by Gasteiger charge is -2.18. The maximum atomic E-state index is 12.9. The van der Waals surface area contributed by atoms with E-state index in [0.29, 0.717) is 17.1 Å². The first-order valence-electron chi connectivity index (χ1n) is 8.63. The van der Waals surface area contributed by atoms with Crippen molar-refractivity contribution >= 4 is 27.8 Å². The van der Waals surface area contributed by atoms with Gasteiger partial charge in [-0.2, -0.15) is 10.2 Å². The molecule has 2 heterocycles. The predicted octanol–water partition coefficient (Wildman–Crippen LogP) is 2.06. The summed E-state index contributed by atoms with van der Waals surface area (Å²) in [5.74, 6) is -0.460. The van der Waals surface area contributed by atoms with Crippen LogP contribution in [0.2, 0.25) is 0 Å². The molecule has 1 unspecified atom stereocenters. The van der Waals surface area contributed by atoms with Crippen molar-refractivity contribution in [2.75, 3.05) is 7.11 Å². The van der Waals surface area contributed by atoms with Gasteiger partial charge in [-0.05, 0) is 30.7 Å². The van der Waals surface area contributed by atoms with E-state index in [1.54, 1.807) is 6.92 Å². The van der Waals surface area contributed by atoms with Gasteiger partial charge in [0.25, 0.3) is 11.5 Å². The van der Waals surface area contributed by atoms with Crippen molar-refractivity contribution in [1.29, 1.82) is 0 Å². The molecule has 2 aromatic heterocycles. The number of rotatable bonds is 6. The number of esters is 1. The summed E-state index contributed by atoms with van der Waals surface area (Å²) >= 11 is 3.37. The second-order valence-corrected chi connectivity index (χ2v) is 7.11. The van der Waals surface area contributed by atoms with Crippen molar-refractivity contribution in [2.45, 2.75) is 19.4 Å². The number of amides is 1. The van der Waals surface area contributed by atoms with Crippen LogP contribution in [0.5, 0.6) is 0 Å². The Bertz CT molecular complexity index is 1070. The SMILES string of the molecule is COC(=O)CC(NC(=O)c1cnn(-c2ccc(=O)[nH]n2)c1C)c1ccc(Br)cc1. The number of aromatic amines is 1. The predicted molar refractivity (Wildman–Crippen MR) is 108 cm³/mol. The van der Waals surface area contributed by atoms with Gasteiger partial charge in [0, 0.05) is 10.5 Å². The highest BCUT2D eigenvalue weighted by atomic mass is 79.9. The number of halogens is 1. The number of hydrogen-bond acceptors (Lipinski definition) is 6. The number of aromatic nitrogens is 4. The normalized spacial score (nSPS) is 11.7. The van der Waals surface area contributed by atoms with E-state index in [9.17, 15) is 14.4 Å². The van der Waals surface area contributed by atoms with Gasteiger partial charge in [-0.3, -0.25) is 14.4 Å². The molecule has 3 aromatic rings. The summed E-state index contributed by atoms with van der Waals surface area (Å²) in [7, 11) is 1.30. The van der Waals surface area contributed by atoms with E-state index >= 15 is 0 Å². The minimum Gasteiger partial charge on any atom is -0.469 e. The standard InChI is InChI=1S/C19H18BrN5O4/c1-11-14(10-21-25(11)16-7-8-17(26)24-23-16)19(28)22-15(9-18(27)29-2)12-3-5-13(20)6-4-12/h3-8,10,15H,9H2,1-2H3,(H,22,28)(H,24,26).